The summed E-state index contributed by atoms with van der Waals surface area (Å²) >= 11 is 0. The highest BCUT2D eigenvalue weighted by Gasteiger charge is 2.29. The normalized spacial score (nSPS) is 27.2. The number of hydrogen-bond donors (Lipinski definition) is 0. The van der Waals surface area contributed by atoms with Crippen molar-refractivity contribution in [2.75, 3.05) is 0 Å². The lowest BCUT2D eigenvalue weighted by Gasteiger charge is -2.25. The number of carbonyl (C=O) groups is 1. The van der Waals surface area contributed by atoms with Gasteiger partial charge in [-0.3, -0.25) is 4.79 Å². The standard InChI is InChI=1S/C18H24O/c1-2-13-6-7-17(12-13)18(19)16-10-8-15(9-11-16)14-4-3-5-14/h8-11,13-14,17H,2-7,12H2,1H3. The van der Waals surface area contributed by atoms with Gasteiger partial charge in [0.25, 0.3) is 0 Å². The number of benzene rings is 1. The van der Waals surface area contributed by atoms with Crippen LogP contribution in [-0.4, -0.2) is 5.78 Å². The summed E-state index contributed by atoms with van der Waals surface area (Å²) < 4.78 is 0. The fraction of sp³-hybridized carbons (Fsp3) is 0.611. The van der Waals surface area contributed by atoms with Crippen LogP contribution in [0.5, 0.6) is 0 Å². The average Bonchev–Trinajstić information content (AvgIpc) is 2.85. The van der Waals surface area contributed by atoms with Crippen LogP contribution < -0.4 is 0 Å². The third-order valence-electron chi connectivity index (χ3n) is 5.26. The van der Waals surface area contributed by atoms with Crippen molar-refractivity contribution in [3.63, 3.8) is 0 Å². The van der Waals surface area contributed by atoms with Gasteiger partial charge < -0.3 is 0 Å². The van der Waals surface area contributed by atoms with Crippen LogP contribution in [0, 0.1) is 11.8 Å². The van der Waals surface area contributed by atoms with Crippen molar-refractivity contribution in [1.82, 2.24) is 0 Å². The van der Waals surface area contributed by atoms with Crippen LogP contribution in [-0.2, 0) is 0 Å². The molecule has 2 aliphatic carbocycles. The lowest BCUT2D eigenvalue weighted by Crippen LogP contribution is -2.13. The van der Waals surface area contributed by atoms with E-state index in [4.69, 9.17) is 0 Å². The molecule has 2 fully saturated rings. The third-order valence-corrected chi connectivity index (χ3v) is 5.26. The minimum atomic E-state index is 0.291. The Kier molecular flexibility index (Phi) is 3.72. The summed E-state index contributed by atoms with van der Waals surface area (Å²) in [6.45, 7) is 2.24. The molecule has 2 aliphatic rings. The molecule has 0 aliphatic heterocycles. The molecule has 3 rings (SSSR count). The van der Waals surface area contributed by atoms with E-state index in [0.717, 1.165) is 30.2 Å². The van der Waals surface area contributed by atoms with Crippen LogP contribution >= 0.6 is 0 Å². The second kappa shape index (κ2) is 5.48. The molecule has 1 aromatic rings. The molecule has 0 saturated heterocycles. The number of carbonyl (C=O) groups excluding carboxylic acids is 1. The van der Waals surface area contributed by atoms with Crippen molar-refractivity contribution in [1.29, 1.82) is 0 Å². The van der Waals surface area contributed by atoms with Gasteiger partial charge in [-0.15, -0.1) is 0 Å². The SMILES string of the molecule is CCC1CCC(C(=O)c2ccc(C3CCC3)cc2)C1. The Labute approximate surface area is 116 Å². The molecule has 0 spiro atoms. The summed E-state index contributed by atoms with van der Waals surface area (Å²) in [5.41, 5.74) is 2.37. The predicted molar refractivity (Wildman–Crippen MR) is 78.5 cm³/mol. The van der Waals surface area contributed by atoms with E-state index >= 15 is 0 Å². The average molecular weight is 256 g/mol. The molecule has 1 nitrogen and oxygen atoms in total. The quantitative estimate of drug-likeness (QED) is 0.696. The van der Waals surface area contributed by atoms with Gasteiger partial charge in [-0.25, -0.2) is 0 Å². The monoisotopic (exact) mass is 256 g/mol. The number of Topliss-reactive ketones (excluding diaryl/α,β-unsaturated/α-hetero) is 1. The number of ketones is 1. The number of rotatable bonds is 4. The zero-order valence-corrected chi connectivity index (χ0v) is 11.9. The highest BCUT2D eigenvalue weighted by Crippen LogP contribution is 2.37. The topological polar surface area (TPSA) is 17.1 Å². The molecule has 1 aromatic carbocycles. The van der Waals surface area contributed by atoms with E-state index in [1.165, 1.54) is 37.7 Å². The zero-order valence-electron chi connectivity index (χ0n) is 11.9. The smallest absolute Gasteiger partial charge is 0.165 e. The van der Waals surface area contributed by atoms with Gasteiger partial charge in [0, 0.05) is 11.5 Å². The summed E-state index contributed by atoms with van der Waals surface area (Å²) in [6, 6.07) is 8.50. The Bertz CT molecular complexity index is 441. The van der Waals surface area contributed by atoms with E-state index in [2.05, 4.69) is 31.2 Å². The molecular formula is C18H24O. The fourth-order valence-electron chi connectivity index (χ4n) is 3.58. The minimum absolute atomic E-state index is 0.291. The first-order chi connectivity index (χ1) is 9.28. The molecular weight excluding hydrogens is 232 g/mol. The first-order valence-electron chi connectivity index (χ1n) is 7.92. The van der Waals surface area contributed by atoms with Crippen LogP contribution in [0.2, 0.25) is 0 Å². The van der Waals surface area contributed by atoms with Gasteiger partial charge in [0.1, 0.15) is 0 Å². The van der Waals surface area contributed by atoms with Crippen molar-refractivity contribution >= 4 is 5.78 Å². The van der Waals surface area contributed by atoms with Crippen LogP contribution in [0.1, 0.15) is 73.7 Å². The highest BCUT2D eigenvalue weighted by atomic mass is 16.1. The first kappa shape index (κ1) is 12.9. The van der Waals surface area contributed by atoms with Gasteiger partial charge in [0.15, 0.2) is 5.78 Å². The van der Waals surface area contributed by atoms with Gasteiger partial charge in [-0.05, 0) is 49.5 Å². The van der Waals surface area contributed by atoms with Crippen molar-refractivity contribution in [3.05, 3.63) is 35.4 Å². The maximum absolute atomic E-state index is 12.5. The Morgan fingerprint density at radius 1 is 1.11 bits per heavy atom. The van der Waals surface area contributed by atoms with E-state index < -0.39 is 0 Å². The predicted octanol–water partition coefficient (Wildman–Crippen LogP) is 4.96. The molecule has 2 saturated carbocycles. The van der Waals surface area contributed by atoms with E-state index in [1.54, 1.807) is 0 Å². The lowest BCUT2D eigenvalue weighted by molar-refractivity contribution is 0.0920. The van der Waals surface area contributed by atoms with Crippen LogP contribution in [0.3, 0.4) is 0 Å². The molecule has 2 unspecified atom stereocenters. The lowest BCUT2D eigenvalue weighted by atomic mass is 9.79. The van der Waals surface area contributed by atoms with Crippen molar-refractivity contribution in [2.24, 2.45) is 11.8 Å². The Balaban J connectivity index is 1.66. The van der Waals surface area contributed by atoms with E-state index in [9.17, 15) is 4.79 Å². The summed E-state index contributed by atoms with van der Waals surface area (Å²) in [5, 5.41) is 0. The van der Waals surface area contributed by atoms with Crippen molar-refractivity contribution in [3.8, 4) is 0 Å². The second-order valence-electron chi connectivity index (χ2n) is 6.40. The molecule has 2 atom stereocenters. The van der Waals surface area contributed by atoms with Crippen LogP contribution in [0.4, 0.5) is 0 Å². The summed E-state index contributed by atoms with van der Waals surface area (Å²) in [7, 11) is 0. The fourth-order valence-corrected chi connectivity index (χ4v) is 3.58. The molecule has 19 heavy (non-hydrogen) atoms. The van der Waals surface area contributed by atoms with Crippen LogP contribution in [0.15, 0.2) is 24.3 Å². The van der Waals surface area contributed by atoms with E-state index in [0.29, 0.717) is 11.7 Å². The van der Waals surface area contributed by atoms with Crippen molar-refractivity contribution in [2.45, 2.75) is 57.8 Å². The Hall–Kier alpha value is -1.11. The molecule has 102 valence electrons. The molecule has 0 heterocycles. The van der Waals surface area contributed by atoms with Gasteiger partial charge >= 0.3 is 0 Å². The molecule has 0 aromatic heterocycles. The minimum Gasteiger partial charge on any atom is -0.294 e. The van der Waals surface area contributed by atoms with Crippen molar-refractivity contribution < 1.29 is 4.79 Å². The molecule has 0 radical (unpaired) electrons. The van der Waals surface area contributed by atoms with Gasteiger partial charge in [-0.1, -0.05) is 44.0 Å². The van der Waals surface area contributed by atoms with E-state index in [1.807, 2.05) is 0 Å². The molecule has 0 N–H and O–H groups in total. The molecule has 0 amide bonds. The maximum atomic E-state index is 12.5. The van der Waals surface area contributed by atoms with Gasteiger partial charge in [-0.2, -0.15) is 0 Å². The van der Waals surface area contributed by atoms with Gasteiger partial charge in [0.2, 0.25) is 0 Å². The summed E-state index contributed by atoms with van der Waals surface area (Å²) in [4.78, 5) is 12.5. The third kappa shape index (κ3) is 2.61. The largest absolute Gasteiger partial charge is 0.294 e. The first-order valence-corrected chi connectivity index (χ1v) is 7.92. The molecule has 1 heteroatoms. The Morgan fingerprint density at radius 2 is 1.84 bits per heavy atom. The zero-order chi connectivity index (χ0) is 13.2. The maximum Gasteiger partial charge on any atom is 0.165 e. The van der Waals surface area contributed by atoms with E-state index in [-0.39, 0.29) is 0 Å². The highest BCUT2D eigenvalue weighted by molar-refractivity contribution is 5.98. The summed E-state index contributed by atoms with van der Waals surface area (Å²) in [5.74, 6) is 2.22. The molecule has 0 bridgehead atoms. The Morgan fingerprint density at radius 3 is 2.37 bits per heavy atom. The van der Waals surface area contributed by atoms with Crippen LogP contribution in [0.25, 0.3) is 0 Å². The number of hydrogen-bond acceptors (Lipinski definition) is 1. The summed E-state index contributed by atoms with van der Waals surface area (Å²) in [6.07, 6.45) is 8.70. The second-order valence-corrected chi connectivity index (χ2v) is 6.40. The van der Waals surface area contributed by atoms with Gasteiger partial charge in [0.05, 0.1) is 0 Å².